The van der Waals surface area contributed by atoms with E-state index in [0.29, 0.717) is 5.69 Å². The van der Waals surface area contributed by atoms with Crippen LogP contribution in [-0.2, 0) is 9.59 Å². The van der Waals surface area contributed by atoms with Crippen LogP contribution in [0.5, 0.6) is 0 Å². The van der Waals surface area contributed by atoms with Crippen molar-refractivity contribution >= 4 is 40.2 Å². The molecule has 19 heavy (non-hydrogen) atoms. The first-order valence-corrected chi connectivity index (χ1v) is 6.75. The number of thioether (sulfide) groups is 1. The third kappa shape index (κ3) is 3.96. The lowest BCUT2D eigenvalue weighted by Gasteiger charge is -2.05. The minimum absolute atomic E-state index is 0.0800. The van der Waals surface area contributed by atoms with Gasteiger partial charge in [-0.3, -0.25) is 14.6 Å². The number of benzene rings is 1. The molecular formula is C13H12N2O3S. The number of amides is 1. The van der Waals surface area contributed by atoms with Crippen LogP contribution in [0.25, 0.3) is 10.9 Å². The molecule has 98 valence electrons. The van der Waals surface area contributed by atoms with Gasteiger partial charge in [0.1, 0.15) is 0 Å². The summed E-state index contributed by atoms with van der Waals surface area (Å²) < 4.78 is 0. The van der Waals surface area contributed by atoms with Crippen LogP contribution in [0.3, 0.4) is 0 Å². The maximum Gasteiger partial charge on any atom is 0.313 e. The Kier molecular flexibility index (Phi) is 4.35. The Morgan fingerprint density at radius 1 is 1.26 bits per heavy atom. The summed E-state index contributed by atoms with van der Waals surface area (Å²) in [5, 5.41) is 12.1. The van der Waals surface area contributed by atoms with Gasteiger partial charge < -0.3 is 10.4 Å². The minimum Gasteiger partial charge on any atom is -0.481 e. The van der Waals surface area contributed by atoms with E-state index in [4.69, 9.17) is 5.11 Å². The fourth-order valence-electron chi connectivity index (χ4n) is 1.57. The Hall–Kier alpha value is -2.08. The molecular weight excluding hydrogens is 264 g/mol. The van der Waals surface area contributed by atoms with Gasteiger partial charge in [-0.1, -0.05) is 18.2 Å². The molecule has 6 heteroatoms. The van der Waals surface area contributed by atoms with Crippen LogP contribution in [0.4, 0.5) is 5.69 Å². The van der Waals surface area contributed by atoms with Gasteiger partial charge in [-0.25, -0.2) is 0 Å². The smallest absolute Gasteiger partial charge is 0.313 e. The number of nitrogens with one attached hydrogen (secondary N) is 1. The van der Waals surface area contributed by atoms with Gasteiger partial charge >= 0.3 is 5.97 Å². The van der Waals surface area contributed by atoms with Gasteiger partial charge in [0.25, 0.3) is 0 Å². The predicted molar refractivity (Wildman–Crippen MR) is 75.3 cm³/mol. The first-order valence-electron chi connectivity index (χ1n) is 5.59. The Labute approximate surface area is 114 Å². The summed E-state index contributed by atoms with van der Waals surface area (Å²) in [6.07, 6.45) is 1.59. The van der Waals surface area contributed by atoms with Crippen LogP contribution < -0.4 is 5.32 Å². The number of carbonyl (C=O) groups is 2. The highest BCUT2D eigenvalue weighted by Crippen LogP contribution is 2.16. The van der Waals surface area contributed by atoms with E-state index in [2.05, 4.69) is 10.3 Å². The average molecular weight is 276 g/mol. The van der Waals surface area contributed by atoms with E-state index in [1.807, 2.05) is 30.3 Å². The number of nitrogens with zero attached hydrogens (tertiary/aromatic N) is 1. The van der Waals surface area contributed by atoms with Gasteiger partial charge in [-0.15, -0.1) is 11.8 Å². The molecule has 0 saturated heterocycles. The van der Waals surface area contributed by atoms with Crippen molar-refractivity contribution in [1.29, 1.82) is 0 Å². The maximum absolute atomic E-state index is 11.6. The van der Waals surface area contributed by atoms with E-state index in [0.717, 1.165) is 22.7 Å². The number of fused-ring (bicyclic) bond motifs is 1. The van der Waals surface area contributed by atoms with Crippen LogP contribution in [-0.4, -0.2) is 33.5 Å². The van der Waals surface area contributed by atoms with Gasteiger partial charge in [0.2, 0.25) is 5.91 Å². The zero-order chi connectivity index (χ0) is 13.7. The molecule has 1 heterocycles. The van der Waals surface area contributed by atoms with E-state index >= 15 is 0 Å². The Morgan fingerprint density at radius 3 is 2.84 bits per heavy atom. The molecule has 2 N–H and O–H groups in total. The lowest BCUT2D eigenvalue weighted by molar-refractivity contribution is -0.133. The third-order valence-corrected chi connectivity index (χ3v) is 3.25. The SMILES string of the molecule is O=C(O)CSCC(=O)Nc1cnc2ccccc2c1. The minimum atomic E-state index is -0.926. The topological polar surface area (TPSA) is 79.3 Å². The lowest BCUT2D eigenvalue weighted by atomic mass is 10.2. The number of rotatable bonds is 5. The molecule has 1 aromatic carbocycles. The second-order valence-electron chi connectivity index (χ2n) is 3.85. The fourth-order valence-corrected chi connectivity index (χ4v) is 2.10. The molecule has 0 atom stereocenters. The van der Waals surface area contributed by atoms with Crippen molar-refractivity contribution in [3.63, 3.8) is 0 Å². The van der Waals surface area contributed by atoms with Crippen molar-refractivity contribution < 1.29 is 14.7 Å². The molecule has 0 saturated carbocycles. The van der Waals surface area contributed by atoms with E-state index in [1.54, 1.807) is 6.20 Å². The predicted octanol–water partition coefficient (Wildman–Crippen LogP) is 1.99. The molecule has 0 bridgehead atoms. The summed E-state index contributed by atoms with van der Waals surface area (Å²) in [7, 11) is 0. The van der Waals surface area contributed by atoms with Crippen molar-refractivity contribution in [2.75, 3.05) is 16.8 Å². The molecule has 0 fully saturated rings. The van der Waals surface area contributed by atoms with Crippen LogP contribution in [0.2, 0.25) is 0 Å². The van der Waals surface area contributed by atoms with E-state index in [9.17, 15) is 9.59 Å². The zero-order valence-electron chi connectivity index (χ0n) is 10.00. The lowest BCUT2D eigenvalue weighted by Crippen LogP contribution is -2.15. The summed E-state index contributed by atoms with van der Waals surface area (Å²) in [6, 6.07) is 9.44. The number of aromatic nitrogens is 1. The van der Waals surface area contributed by atoms with Crippen LogP contribution >= 0.6 is 11.8 Å². The Balaban J connectivity index is 1.97. The maximum atomic E-state index is 11.6. The Morgan fingerprint density at radius 2 is 2.05 bits per heavy atom. The number of aliphatic carboxylic acids is 1. The van der Waals surface area contributed by atoms with Gasteiger partial charge in [-0.05, 0) is 12.1 Å². The third-order valence-electron chi connectivity index (χ3n) is 2.33. The summed E-state index contributed by atoms with van der Waals surface area (Å²) in [4.78, 5) is 26.1. The number of para-hydroxylation sites is 1. The van der Waals surface area contributed by atoms with Crippen LogP contribution in [0.15, 0.2) is 36.5 Å². The molecule has 0 aliphatic carbocycles. The van der Waals surface area contributed by atoms with Gasteiger partial charge in [0.15, 0.2) is 0 Å². The van der Waals surface area contributed by atoms with Crippen molar-refractivity contribution in [2.24, 2.45) is 0 Å². The number of hydrogen-bond acceptors (Lipinski definition) is 4. The molecule has 0 aliphatic rings. The van der Waals surface area contributed by atoms with Crippen LogP contribution in [0, 0.1) is 0 Å². The summed E-state index contributed by atoms with van der Waals surface area (Å²) in [5.41, 5.74) is 1.47. The number of carboxylic acid groups (broad SMARTS) is 1. The number of anilines is 1. The quantitative estimate of drug-likeness (QED) is 0.873. The molecule has 0 aliphatic heterocycles. The van der Waals surface area contributed by atoms with Crippen molar-refractivity contribution in [3.05, 3.63) is 36.5 Å². The monoisotopic (exact) mass is 276 g/mol. The van der Waals surface area contributed by atoms with Gasteiger partial charge in [0, 0.05) is 5.39 Å². The number of pyridine rings is 1. The summed E-state index contributed by atoms with van der Waals surface area (Å²) in [5.74, 6) is -1.13. The van der Waals surface area contributed by atoms with E-state index in [-0.39, 0.29) is 17.4 Å². The van der Waals surface area contributed by atoms with Gasteiger partial charge in [-0.2, -0.15) is 0 Å². The van der Waals surface area contributed by atoms with Crippen LogP contribution in [0.1, 0.15) is 0 Å². The molecule has 0 radical (unpaired) electrons. The molecule has 1 aromatic heterocycles. The molecule has 2 aromatic rings. The zero-order valence-corrected chi connectivity index (χ0v) is 10.8. The normalized spacial score (nSPS) is 10.3. The Bertz CT molecular complexity index is 616. The van der Waals surface area contributed by atoms with Crippen molar-refractivity contribution in [2.45, 2.75) is 0 Å². The molecule has 1 amide bonds. The summed E-state index contributed by atoms with van der Waals surface area (Å²) in [6.45, 7) is 0. The summed E-state index contributed by atoms with van der Waals surface area (Å²) >= 11 is 1.06. The molecule has 0 unspecified atom stereocenters. The highest BCUT2D eigenvalue weighted by atomic mass is 32.2. The van der Waals surface area contributed by atoms with E-state index in [1.165, 1.54) is 0 Å². The average Bonchev–Trinajstić information content (AvgIpc) is 2.38. The first-order chi connectivity index (χ1) is 9.15. The molecule has 0 spiro atoms. The van der Waals surface area contributed by atoms with E-state index < -0.39 is 5.97 Å². The van der Waals surface area contributed by atoms with Gasteiger partial charge in [0.05, 0.1) is 28.9 Å². The largest absolute Gasteiger partial charge is 0.481 e. The fraction of sp³-hybridized carbons (Fsp3) is 0.154. The number of hydrogen-bond donors (Lipinski definition) is 2. The molecule has 5 nitrogen and oxygen atoms in total. The standard InChI is InChI=1S/C13H12N2O3S/c16-12(7-19-8-13(17)18)15-10-5-9-3-1-2-4-11(9)14-6-10/h1-6H,7-8H2,(H,15,16)(H,17,18). The second-order valence-corrected chi connectivity index (χ2v) is 4.84. The van der Waals surface area contributed by atoms with Crippen molar-refractivity contribution in [1.82, 2.24) is 4.98 Å². The highest BCUT2D eigenvalue weighted by molar-refractivity contribution is 8.00. The second kappa shape index (κ2) is 6.19. The molecule has 2 rings (SSSR count). The highest BCUT2D eigenvalue weighted by Gasteiger charge is 2.05. The number of carbonyl (C=O) groups excluding carboxylic acids is 1. The first kappa shape index (κ1) is 13.4. The number of carboxylic acids is 1. The van der Waals surface area contributed by atoms with Crippen molar-refractivity contribution in [3.8, 4) is 0 Å².